The van der Waals surface area contributed by atoms with Crippen LogP contribution in [0.3, 0.4) is 0 Å². The normalized spacial score (nSPS) is 17.3. The number of hydrogen-bond donors (Lipinski definition) is 2. The SMILES string of the molecule is O=C(O)[C@H]1CCCN(C[C@@H](O)c2ccc(-c3noc(-c4cnn(-c5ccc(F)cn5)c4C(F)(F)F)n3)cc2)C1. The fourth-order valence-corrected chi connectivity index (χ4v) is 4.52. The second kappa shape index (κ2) is 10.5. The van der Waals surface area contributed by atoms with Crippen LogP contribution in [0.5, 0.6) is 0 Å². The molecule has 1 saturated heterocycles. The first-order chi connectivity index (χ1) is 18.6. The van der Waals surface area contributed by atoms with E-state index in [1.807, 2.05) is 4.90 Å². The minimum Gasteiger partial charge on any atom is -0.481 e. The van der Waals surface area contributed by atoms with Gasteiger partial charge in [-0.25, -0.2) is 14.1 Å². The number of benzene rings is 1. The number of aliphatic hydroxyl groups is 1. The Morgan fingerprint density at radius 2 is 1.92 bits per heavy atom. The molecule has 0 spiro atoms. The predicted octanol–water partition coefficient (Wildman–Crippen LogP) is 3.97. The molecule has 10 nitrogen and oxygen atoms in total. The Morgan fingerprint density at radius 3 is 2.59 bits per heavy atom. The highest BCUT2D eigenvalue weighted by Gasteiger charge is 2.41. The van der Waals surface area contributed by atoms with Gasteiger partial charge >= 0.3 is 12.1 Å². The number of piperidine rings is 1. The molecule has 39 heavy (non-hydrogen) atoms. The summed E-state index contributed by atoms with van der Waals surface area (Å²) in [7, 11) is 0. The fourth-order valence-electron chi connectivity index (χ4n) is 4.52. The summed E-state index contributed by atoms with van der Waals surface area (Å²) >= 11 is 0. The molecule has 204 valence electrons. The van der Waals surface area contributed by atoms with Crippen molar-refractivity contribution in [2.75, 3.05) is 19.6 Å². The van der Waals surface area contributed by atoms with E-state index in [4.69, 9.17) is 4.52 Å². The van der Waals surface area contributed by atoms with Crippen molar-refractivity contribution in [3.05, 3.63) is 65.9 Å². The lowest BCUT2D eigenvalue weighted by atomic mass is 9.97. The van der Waals surface area contributed by atoms with Crippen molar-refractivity contribution in [3.63, 3.8) is 0 Å². The zero-order chi connectivity index (χ0) is 27.7. The van der Waals surface area contributed by atoms with Crippen molar-refractivity contribution in [1.82, 2.24) is 29.8 Å². The zero-order valence-electron chi connectivity index (χ0n) is 20.2. The number of carboxylic acids is 1. The summed E-state index contributed by atoms with van der Waals surface area (Å²) in [5, 5.41) is 27.4. The molecule has 5 rings (SSSR count). The van der Waals surface area contributed by atoms with Crippen LogP contribution in [-0.2, 0) is 11.0 Å². The minimum absolute atomic E-state index is 0.0205. The van der Waals surface area contributed by atoms with Crippen molar-refractivity contribution >= 4 is 5.97 Å². The molecule has 1 aliphatic rings. The smallest absolute Gasteiger partial charge is 0.434 e. The van der Waals surface area contributed by atoms with Crippen LogP contribution in [0.4, 0.5) is 17.6 Å². The first kappa shape index (κ1) is 26.4. The lowest BCUT2D eigenvalue weighted by molar-refractivity contribution is -0.144. The third kappa shape index (κ3) is 5.66. The zero-order valence-corrected chi connectivity index (χ0v) is 20.2. The van der Waals surface area contributed by atoms with Crippen molar-refractivity contribution < 1.29 is 37.1 Å². The summed E-state index contributed by atoms with van der Waals surface area (Å²) < 4.78 is 60.7. The molecule has 1 aliphatic heterocycles. The second-order valence-electron chi connectivity index (χ2n) is 9.15. The third-order valence-corrected chi connectivity index (χ3v) is 6.46. The van der Waals surface area contributed by atoms with Crippen molar-refractivity contribution in [2.45, 2.75) is 25.1 Å². The molecule has 3 aromatic heterocycles. The lowest BCUT2D eigenvalue weighted by Gasteiger charge is -2.32. The minimum atomic E-state index is -4.87. The van der Waals surface area contributed by atoms with Crippen molar-refractivity contribution in [3.8, 4) is 28.7 Å². The molecular weight excluding hydrogens is 524 g/mol. The number of likely N-dealkylation sites (tertiary alicyclic amines) is 1. The quantitative estimate of drug-likeness (QED) is 0.331. The summed E-state index contributed by atoms with van der Waals surface area (Å²) in [6.07, 6.45) is -2.70. The van der Waals surface area contributed by atoms with Gasteiger partial charge in [0, 0.05) is 18.7 Å². The number of aliphatic hydroxyl groups excluding tert-OH is 1. The average Bonchev–Trinajstić information content (AvgIpc) is 3.57. The van der Waals surface area contributed by atoms with Crippen molar-refractivity contribution in [2.24, 2.45) is 5.92 Å². The molecule has 14 heteroatoms. The Morgan fingerprint density at radius 1 is 1.15 bits per heavy atom. The van der Waals surface area contributed by atoms with Crippen molar-refractivity contribution in [1.29, 1.82) is 0 Å². The lowest BCUT2D eigenvalue weighted by Crippen LogP contribution is -2.40. The molecular formula is C25H22F4N6O4. The van der Waals surface area contributed by atoms with E-state index in [9.17, 15) is 32.6 Å². The Balaban J connectivity index is 1.34. The van der Waals surface area contributed by atoms with Gasteiger partial charge in [-0.2, -0.15) is 23.3 Å². The highest BCUT2D eigenvalue weighted by Crippen LogP contribution is 2.38. The standard InChI is InChI=1S/C25H22F4N6O4/c26-17-7-8-20(30-10-17)35-21(25(27,28)29)18(11-31-35)23-32-22(33-39-23)15-5-3-14(4-6-15)19(36)13-34-9-1-2-16(12-34)24(37)38/h3-8,10-11,16,19,36H,1-2,9,12-13H2,(H,37,38)/t16-,19+/m0/s1. The van der Waals surface area contributed by atoms with E-state index < -0.39 is 47.1 Å². The largest absolute Gasteiger partial charge is 0.481 e. The number of aliphatic carboxylic acids is 1. The van der Waals surface area contributed by atoms with Crippen LogP contribution in [-0.4, -0.2) is 65.6 Å². The number of aromatic nitrogens is 5. The van der Waals surface area contributed by atoms with Gasteiger partial charge in [0.2, 0.25) is 5.82 Å². The van der Waals surface area contributed by atoms with Gasteiger partial charge in [-0.15, -0.1) is 0 Å². The Labute approximate surface area is 218 Å². The van der Waals surface area contributed by atoms with Gasteiger partial charge < -0.3 is 14.7 Å². The molecule has 2 atom stereocenters. The summed E-state index contributed by atoms with van der Waals surface area (Å²) in [5.41, 5.74) is -0.669. The van der Waals surface area contributed by atoms with Crippen LogP contribution in [0.25, 0.3) is 28.7 Å². The van der Waals surface area contributed by atoms with E-state index in [0.717, 1.165) is 30.9 Å². The number of hydrogen-bond acceptors (Lipinski definition) is 8. The third-order valence-electron chi connectivity index (χ3n) is 6.46. The van der Waals surface area contributed by atoms with Crippen LogP contribution in [0, 0.1) is 11.7 Å². The Bertz CT molecular complexity index is 1450. The van der Waals surface area contributed by atoms with Gasteiger partial charge in [0.1, 0.15) is 5.82 Å². The van der Waals surface area contributed by atoms with E-state index in [-0.39, 0.29) is 18.2 Å². The molecule has 1 fully saturated rings. The molecule has 0 radical (unpaired) electrons. The van der Waals surface area contributed by atoms with Gasteiger partial charge in [-0.05, 0) is 37.1 Å². The molecule has 0 unspecified atom stereocenters. The number of nitrogens with zero attached hydrogens (tertiary/aromatic N) is 6. The first-order valence-corrected chi connectivity index (χ1v) is 11.9. The molecule has 0 saturated carbocycles. The van der Waals surface area contributed by atoms with E-state index in [0.29, 0.717) is 35.3 Å². The maximum Gasteiger partial charge on any atom is 0.434 e. The van der Waals surface area contributed by atoms with E-state index in [1.165, 1.54) is 0 Å². The molecule has 0 amide bonds. The summed E-state index contributed by atoms with van der Waals surface area (Å²) in [6.45, 7) is 1.32. The van der Waals surface area contributed by atoms with Crippen LogP contribution in [0.1, 0.15) is 30.2 Å². The molecule has 1 aromatic carbocycles. The number of pyridine rings is 1. The van der Waals surface area contributed by atoms with E-state index in [2.05, 4.69) is 20.2 Å². The molecule has 0 bridgehead atoms. The Kier molecular flexibility index (Phi) is 7.14. The van der Waals surface area contributed by atoms with Gasteiger partial charge in [-0.1, -0.05) is 29.4 Å². The average molecular weight is 546 g/mol. The molecule has 2 N–H and O–H groups in total. The summed E-state index contributed by atoms with van der Waals surface area (Å²) in [5.74, 6) is -2.66. The monoisotopic (exact) mass is 546 g/mol. The first-order valence-electron chi connectivity index (χ1n) is 11.9. The number of carbonyl (C=O) groups is 1. The maximum atomic E-state index is 14.0. The summed E-state index contributed by atoms with van der Waals surface area (Å²) in [6, 6.07) is 8.49. The van der Waals surface area contributed by atoms with Gasteiger partial charge in [0.15, 0.2) is 11.5 Å². The van der Waals surface area contributed by atoms with E-state index in [1.54, 1.807) is 24.3 Å². The number of alkyl halides is 3. The molecule has 0 aliphatic carbocycles. The van der Waals surface area contributed by atoms with Gasteiger partial charge in [0.05, 0.1) is 30.0 Å². The van der Waals surface area contributed by atoms with Crippen LogP contribution >= 0.6 is 0 Å². The van der Waals surface area contributed by atoms with Crippen LogP contribution in [0.15, 0.2) is 53.3 Å². The number of carboxylic acid groups (broad SMARTS) is 1. The number of rotatable bonds is 7. The summed E-state index contributed by atoms with van der Waals surface area (Å²) in [4.78, 5) is 21.0. The van der Waals surface area contributed by atoms with Crippen LogP contribution in [0.2, 0.25) is 0 Å². The van der Waals surface area contributed by atoms with Gasteiger partial charge in [0.25, 0.3) is 5.89 Å². The number of β-amino-alcohol motifs (C(OH)–C–C–N with tert-alkyl or cyclic N) is 1. The highest BCUT2D eigenvalue weighted by atomic mass is 19.4. The number of halogens is 4. The fraction of sp³-hybridized carbons (Fsp3) is 0.320. The topological polar surface area (TPSA) is 130 Å². The van der Waals surface area contributed by atoms with Crippen LogP contribution < -0.4 is 0 Å². The van der Waals surface area contributed by atoms with Gasteiger partial charge in [-0.3, -0.25) is 9.69 Å². The predicted molar refractivity (Wildman–Crippen MR) is 127 cm³/mol. The maximum absolute atomic E-state index is 14.0. The molecule has 4 aromatic rings. The Hall–Kier alpha value is -4.17. The molecule has 4 heterocycles. The van der Waals surface area contributed by atoms with E-state index >= 15 is 0 Å². The second-order valence-corrected chi connectivity index (χ2v) is 9.15. The highest BCUT2D eigenvalue weighted by molar-refractivity contribution is 5.70.